The van der Waals surface area contributed by atoms with Gasteiger partial charge in [-0.25, -0.2) is 0 Å². The molecule has 0 atom stereocenters. The zero-order valence-electron chi connectivity index (χ0n) is 7.96. The molecule has 2 N–H and O–H groups in total. The number of nitrogen functional groups attached to an aromatic ring is 1. The number of nitrogens with zero attached hydrogens (tertiary/aromatic N) is 1. The van der Waals surface area contributed by atoms with Crippen molar-refractivity contribution in [2.45, 2.75) is 6.42 Å². The van der Waals surface area contributed by atoms with Crippen molar-refractivity contribution in [1.82, 2.24) is 0 Å². The number of hydrogen-bond donors (Lipinski definition) is 1. The molecule has 0 heterocycles. The Morgan fingerprint density at radius 2 is 2.27 bits per heavy atom. The quantitative estimate of drug-likeness (QED) is 0.403. The molecular weight excluding hydrogens is 303 g/mol. The Morgan fingerprint density at radius 1 is 1.53 bits per heavy atom. The molecule has 0 saturated heterocycles. The predicted molar refractivity (Wildman–Crippen MR) is 67.2 cm³/mol. The van der Waals surface area contributed by atoms with Gasteiger partial charge in [-0.2, -0.15) is 5.26 Å². The first-order chi connectivity index (χ1) is 7.19. The fourth-order valence-corrected chi connectivity index (χ4v) is 1.85. The molecule has 15 heavy (non-hydrogen) atoms. The van der Waals surface area contributed by atoms with Gasteiger partial charge in [0, 0.05) is 6.42 Å². The third-order valence-corrected chi connectivity index (χ3v) is 2.50. The zero-order chi connectivity index (χ0) is 11.3. The van der Waals surface area contributed by atoms with E-state index in [0.717, 1.165) is 3.57 Å². The smallest absolute Gasteiger partial charge is 0.155 e. The Kier molecular flexibility index (Phi) is 4.26. The highest BCUT2D eigenvalue weighted by atomic mass is 127. The second-order valence-corrected chi connectivity index (χ2v) is 3.95. The van der Waals surface area contributed by atoms with Crippen LogP contribution in [0.1, 0.15) is 12.0 Å². The van der Waals surface area contributed by atoms with Crippen molar-refractivity contribution in [2.24, 2.45) is 0 Å². The van der Waals surface area contributed by atoms with Crippen LogP contribution in [0.3, 0.4) is 0 Å². The minimum Gasteiger partial charge on any atom is -0.489 e. The van der Waals surface area contributed by atoms with Gasteiger partial charge < -0.3 is 10.5 Å². The number of ether oxygens (including phenoxy) is 1. The molecule has 0 aliphatic heterocycles. The first-order valence-electron chi connectivity index (χ1n) is 4.24. The summed E-state index contributed by atoms with van der Waals surface area (Å²) in [5.41, 5.74) is 6.74. The number of anilines is 1. The van der Waals surface area contributed by atoms with Crippen molar-refractivity contribution in [3.63, 3.8) is 0 Å². The van der Waals surface area contributed by atoms with Gasteiger partial charge in [0.25, 0.3) is 0 Å². The van der Waals surface area contributed by atoms with E-state index in [1.807, 2.05) is 6.07 Å². The standard InChI is InChI=1S/C11H9IN2O/c1-2-3-4-15-11-9(12)5-8(7-13)6-10(11)14/h1,5-6H,3-4,14H2. The minimum atomic E-state index is 0.433. The molecule has 0 radical (unpaired) electrons. The van der Waals surface area contributed by atoms with Gasteiger partial charge >= 0.3 is 0 Å². The second-order valence-electron chi connectivity index (χ2n) is 2.79. The molecule has 0 bridgehead atoms. The molecule has 1 aromatic rings. The number of halogens is 1. The van der Waals surface area contributed by atoms with E-state index in [0.29, 0.717) is 30.0 Å². The average molecular weight is 312 g/mol. The Balaban J connectivity index is 2.90. The predicted octanol–water partition coefficient (Wildman–Crippen LogP) is 2.15. The lowest BCUT2D eigenvalue weighted by Crippen LogP contribution is -2.02. The summed E-state index contributed by atoms with van der Waals surface area (Å²) in [6.45, 7) is 0.433. The molecular formula is C11H9IN2O. The molecule has 0 amide bonds. The Hall–Kier alpha value is -1.40. The normalized spacial score (nSPS) is 9.00. The fourth-order valence-electron chi connectivity index (χ4n) is 1.04. The monoisotopic (exact) mass is 312 g/mol. The summed E-state index contributed by atoms with van der Waals surface area (Å²) in [5, 5.41) is 8.72. The lowest BCUT2D eigenvalue weighted by molar-refractivity contribution is 0.327. The van der Waals surface area contributed by atoms with E-state index in [1.54, 1.807) is 12.1 Å². The molecule has 3 nitrogen and oxygen atoms in total. The van der Waals surface area contributed by atoms with Crippen LogP contribution in [0.25, 0.3) is 0 Å². The van der Waals surface area contributed by atoms with Crippen molar-refractivity contribution < 1.29 is 4.74 Å². The van der Waals surface area contributed by atoms with Gasteiger partial charge in [-0.3, -0.25) is 0 Å². The molecule has 0 aromatic heterocycles. The number of nitriles is 1. The van der Waals surface area contributed by atoms with E-state index in [2.05, 4.69) is 28.5 Å². The van der Waals surface area contributed by atoms with Crippen LogP contribution in [-0.2, 0) is 0 Å². The second kappa shape index (κ2) is 5.47. The Bertz CT molecular complexity index is 420. The SMILES string of the molecule is C#CCCOc1c(N)cc(C#N)cc1I. The van der Waals surface area contributed by atoms with Crippen LogP contribution >= 0.6 is 22.6 Å². The molecule has 0 unspecified atom stereocenters. The number of hydrogen-bond acceptors (Lipinski definition) is 3. The summed E-state index contributed by atoms with van der Waals surface area (Å²) in [5.74, 6) is 3.08. The van der Waals surface area contributed by atoms with E-state index in [9.17, 15) is 0 Å². The van der Waals surface area contributed by atoms with Crippen LogP contribution in [0.15, 0.2) is 12.1 Å². The lowest BCUT2D eigenvalue weighted by Gasteiger charge is -2.09. The molecule has 0 spiro atoms. The molecule has 4 heteroatoms. The topological polar surface area (TPSA) is 59.0 Å². The minimum absolute atomic E-state index is 0.433. The van der Waals surface area contributed by atoms with E-state index < -0.39 is 0 Å². The first-order valence-corrected chi connectivity index (χ1v) is 5.32. The van der Waals surface area contributed by atoms with Crippen molar-refractivity contribution >= 4 is 28.3 Å². The fraction of sp³-hybridized carbons (Fsp3) is 0.182. The summed E-state index contributed by atoms with van der Waals surface area (Å²) >= 11 is 2.08. The Morgan fingerprint density at radius 3 is 2.80 bits per heavy atom. The van der Waals surface area contributed by atoms with Crippen LogP contribution in [-0.4, -0.2) is 6.61 Å². The summed E-state index contributed by atoms with van der Waals surface area (Å²) < 4.78 is 6.24. The summed E-state index contributed by atoms with van der Waals surface area (Å²) in [7, 11) is 0. The van der Waals surface area contributed by atoms with Gasteiger partial charge in [-0.1, -0.05) is 0 Å². The van der Waals surface area contributed by atoms with Crippen molar-refractivity contribution in [3.05, 3.63) is 21.3 Å². The van der Waals surface area contributed by atoms with Gasteiger partial charge in [0.2, 0.25) is 0 Å². The highest BCUT2D eigenvalue weighted by Crippen LogP contribution is 2.29. The lowest BCUT2D eigenvalue weighted by atomic mass is 10.2. The van der Waals surface area contributed by atoms with Gasteiger partial charge in [0.15, 0.2) is 5.75 Å². The van der Waals surface area contributed by atoms with Gasteiger partial charge in [0.05, 0.1) is 27.5 Å². The van der Waals surface area contributed by atoms with E-state index in [1.165, 1.54) is 0 Å². The van der Waals surface area contributed by atoms with Crippen LogP contribution < -0.4 is 10.5 Å². The summed E-state index contributed by atoms with van der Waals surface area (Å²) in [6.07, 6.45) is 5.65. The van der Waals surface area contributed by atoms with Crippen molar-refractivity contribution in [2.75, 3.05) is 12.3 Å². The zero-order valence-corrected chi connectivity index (χ0v) is 10.1. The van der Waals surface area contributed by atoms with Crippen LogP contribution in [0.4, 0.5) is 5.69 Å². The largest absolute Gasteiger partial charge is 0.489 e. The summed E-state index contributed by atoms with van der Waals surface area (Å²) in [6, 6.07) is 5.35. The average Bonchev–Trinajstić information content (AvgIpc) is 2.22. The van der Waals surface area contributed by atoms with Crippen molar-refractivity contribution in [3.8, 4) is 24.2 Å². The van der Waals surface area contributed by atoms with Gasteiger partial charge in [-0.15, -0.1) is 12.3 Å². The Labute approximate surface area is 102 Å². The van der Waals surface area contributed by atoms with E-state index >= 15 is 0 Å². The molecule has 1 rings (SSSR count). The molecule has 0 aliphatic rings. The number of terminal acetylenes is 1. The van der Waals surface area contributed by atoms with Crippen LogP contribution in [0, 0.1) is 27.2 Å². The third-order valence-electron chi connectivity index (χ3n) is 1.69. The molecule has 76 valence electrons. The maximum Gasteiger partial charge on any atom is 0.155 e. The summed E-state index contributed by atoms with van der Waals surface area (Å²) in [4.78, 5) is 0. The highest BCUT2D eigenvalue weighted by Gasteiger charge is 2.07. The van der Waals surface area contributed by atoms with E-state index in [-0.39, 0.29) is 0 Å². The third kappa shape index (κ3) is 3.03. The maximum absolute atomic E-state index is 8.72. The van der Waals surface area contributed by atoms with E-state index in [4.69, 9.17) is 22.2 Å². The van der Waals surface area contributed by atoms with Crippen LogP contribution in [0.2, 0.25) is 0 Å². The van der Waals surface area contributed by atoms with Gasteiger partial charge in [0.1, 0.15) is 0 Å². The first kappa shape index (κ1) is 11.7. The molecule has 0 saturated carbocycles. The molecule has 1 aromatic carbocycles. The molecule has 0 aliphatic carbocycles. The highest BCUT2D eigenvalue weighted by molar-refractivity contribution is 14.1. The van der Waals surface area contributed by atoms with Gasteiger partial charge in [-0.05, 0) is 34.7 Å². The number of rotatable bonds is 3. The molecule has 0 fully saturated rings. The maximum atomic E-state index is 8.72. The number of benzene rings is 1. The van der Waals surface area contributed by atoms with Crippen molar-refractivity contribution in [1.29, 1.82) is 5.26 Å². The number of nitrogens with two attached hydrogens (primary N) is 1. The van der Waals surface area contributed by atoms with Crippen LogP contribution in [0.5, 0.6) is 5.75 Å².